The minimum atomic E-state index is 0.325. The summed E-state index contributed by atoms with van der Waals surface area (Å²) in [5.74, 6) is 1.00. The van der Waals surface area contributed by atoms with Crippen LogP contribution in [0.4, 0.5) is 0 Å². The summed E-state index contributed by atoms with van der Waals surface area (Å²) in [6.07, 6.45) is 2.44. The second kappa shape index (κ2) is 5.83. The number of likely N-dealkylation sites (tertiary alicyclic amines) is 1. The van der Waals surface area contributed by atoms with E-state index in [0.29, 0.717) is 24.4 Å². The molecule has 2 fully saturated rings. The van der Waals surface area contributed by atoms with E-state index in [-0.39, 0.29) is 0 Å². The lowest BCUT2D eigenvalue weighted by Gasteiger charge is -2.35. The van der Waals surface area contributed by atoms with Crippen LogP contribution in [0.25, 0.3) is 0 Å². The highest BCUT2D eigenvalue weighted by atomic mass is 16.2. The molecule has 2 aliphatic rings. The lowest BCUT2D eigenvalue weighted by atomic mass is 10.0. The number of carbonyl (C=O) groups is 1. The summed E-state index contributed by atoms with van der Waals surface area (Å²) in [7, 11) is 0. The zero-order valence-electron chi connectivity index (χ0n) is 11.1. The average Bonchev–Trinajstić information content (AvgIpc) is 2.29. The van der Waals surface area contributed by atoms with Gasteiger partial charge in [-0.25, -0.2) is 0 Å². The Hall–Kier alpha value is -0.610. The Morgan fingerprint density at radius 3 is 2.82 bits per heavy atom. The SMILES string of the molecule is CC1CCCN(C(=O)CN2CCN[C@H](C)C2)C1. The minimum absolute atomic E-state index is 0.325. The average molecular weight is 239 g/mol. The van der Waals surface area contributed by atoms with Gasteiger partial charge in [0.2, 0.25) is 5.91 Å². The second-order valence-electron chi connectivity index (χ2n) is 5.68. The molecule has 1 N–H and O–H groups in total. The third kappa shape index (κ3) is 3.68. The quantitative estimate of drug-likeness (QED) is 0.764. The van der Waals surface area contributed by atoms with Crippen molar-refractivity contribution >= 4 is 5.91 Å². The predicted octanol–water partition coefficient (Wildman–Crippen LogP) is 0.539. The summed E-state index contributed by atoms with van der Waals surface area (Å²) >= 11 is 0. The highest BCUT2D eigenvalue weighted by Crippen LogP contribution is 2.15. The molecule has 17 heavy (non-hydrogen) atoms. The molecular weight excluding hydrogens is 214 g/mol. The molecule has 0 aromatic carbocycles. The predicted molar refractivity (Wildman–Crippen MR) is 68.9 cm³/mol. The van der Waals surface area contributed by atoms with Gasteiger partial charge in [-0.05, 0) is 25.7 Å². The van der Waals surface area contributed by atoms with Gasteiger partial charge < -0.3 is 10.2 Å². The summed E-state index contributed by atoms with van der Waals surface area (Å²) in [5.41, 5.74) is 0. The Balaban J connectivity index is 1.79. The number of hydrogen-bond donors (Lipinski definition) is 1. The van der Waals surface area contributed by atoms with Gasteiger partial charge in [-0.15, -0.1) is 0 Å². The van der Waals surface area contributed by atoms with Gasteiger partial charge in [-0.1, -0.05) is 6.92 Å². The minimum Gasteiger partial charge on any atom is -0.341 e. The van der Waals surface area contributed by atoms with Crippen LogP contribution in [0.3, 0.4) is 0 Å². The van der Waals surface area contributed by atoms with Crippen molar-refractivity contribution in [3.63, 3.8) is 0 Å². The number of nitrogens with zero attached hydrogens (tertiary/aromatic N) is 2. The van der Waals surface area contributed by atoms with Crippen molar-refractivity contribution in [1.82, 2.24) is 15.1 Å². The maximum atomic E-state index is 12.2. The van der Waals surface area contributed by atoms with Crippen LogP contribution in [-0.4, -0.2) is 61.0 Å². The van der Waals surface area contributed by atoms with E-state index in [1.54, 1.807) is 0 Å². The first-order valence-electron chi connectivity index (χ1n) is 6.88. The molecule has 0 radical (unpaired) electrons. The fourth-order valence-electron chi connectivity index (χ4n) is 2.86. The molecule has 98 valence electrons. The van der Waals surface area contributed by atoms with E-state index in [0.717, 1.165) is 32.7 Å². The van der Waals surface area contributed by atoms with E-state index < -0.39 is 0 Å². The van der Waals surface area contributed by atoms with Gasteiger partial charge in [0.1, 0.15) is 0 Å². The van der Waals surface area contributed by atoms with E-state index in [2.05, 4.69) is 29.0 Å². The first kappa shape index (κ1) is 12.8. The van der Waals surface area contributed by atoms with Crippen molar-refractivity contribution in [2.45, 2.75) is 32.7 Å². The summed E-state index contributed by atoms with van der Waals surface area (Å²) in [6, 6.07) is 0.511. The molecule has 0 aromatic rings. The van der Waals surface area contributed by atoms with Crippen LogP contribution in [0.5, 0.6) is 0 Å². The molecule has 0 aliphatic carbocycles. The van der Waals surface area contributed by atoms with Gasteiger partial charge in [-0.3, -0.25) is 9.69 Å². The first-order chi connectivity index (χ1) is 8.15. The van der Waals surface area contributed by atoms with E-state index in [9.17, 15) is 4.79 Å². The molecule has 0 saturated carbocycles. The maximum Gasteiger partial charge on any atom is 0.236 e. The fraction of sp³-hybridized carbons (Fsp3) is 0.923. The van der Waals surface area contributed by atoms with Crippen molar-refractivity contribution in [2.24, 2.45) is 5.92 Å². The molecule has 0 bridgehead atoms. The van der Waals surface area contributed by atoms with Crippen molar-refractivity contribution in [3.8, 4) is 0 Å². The maximum absolute atomic E-state index is 12.2. The highest BCUT2D eigenvalue weighted by Gasteiger charge is 2.24. The summed E-state index contributed by atoms with van der Waals surface area (Å²) in [5, 5.41) is 3.41. The molecule has 1 unspecified atom stereocenters. The van der Waals surface area contributed by atoms with Crippen LogP contribution < -0.4 is 5.32 Å². The molecule has 2 heterocycles. The number of carbonyl (C=O) groups excluding carboxylic acids is 1. The van der Waals surface area contributed by atoms with Crippen LogP contribution >= 0.6 is 0 Å². The Bertz CT molecular complexity index is 269. The molecule has 2 saturated heterocycles. The van der Waals surface area contributed by atoms with Gasteiger partial charge in [-0.2, -0.15) is 0 Å². The van der Waals surface area contributed by atoms with Crippen LogP contribution in [0, 0.1) is 5.92 Å². The van der Waals surface area contributed by atoms with Crippen LogP contribution in [0.15, 0.2) is 0 Å². The third-order valence-electron chi connectivity index (χ3n) is 3.82. The number of nitrogens with one attached hydrogen (secondary N) is 1. The normalized spacial score (nSPS) is 31.5. The molecule has 4 nitrogen and oxygen atoms in total. The Morgan fingerprint density at radius 2 is 2.12 bits per heavy atom. The van der Waals surface area contributed by atoms with Crippen LogP contribution in [0.2, 0.25) is 0 Å². The van der Waals surface area contributed by atoms with Gasteiger partial charge in [0.25, 0.3) is 0 Å². The number of amides is 1. The molecule has 0 aromatic heterocycles. The van der Waals surface area contributed by atoms with E-state index in [4.69, 9.17) is 0 Å². The largest absolute Gasteiger partial charge is 0.341 e. The van der Waals surface area contributed by atoms with Crippen molar-refractivity contribution in [3.05, 3.63) is 0 Å². The van der Waals surface area contributed by atoms with Gasteiger partial charge in [0.05, 0.1) is 6.54 Å². The molecule has 0 spiro atoms. The monoisotopic (exact) mass is 239 g/mol. The highest BCUT2D eigenvalue weighted by molar-refractivity contribution is 5.78. The zero-order chi connectivity index (χ0) is 12.3. The van der Waals surface area contributed by atoms with Crippen molar-refractivity contribution in [1.29, 1.82) is 0 Å². The smallest absolute Gasteiger partial charge is 0.236 e. The topological polar surface area (TPSA) is 35.6 Å². The number of piperazine rings is 1. The standard InChI is InChI=1S/C13H25N3O/c1-11-4-3-6-16(8-11)13(17)10-15-7-5-14-12(2)9-15/h11-12,14H,3-10H2,1-2H3/t11?,12-/m1/s1. The molecule has 1 amide bonds. The van der Waals surface area contributed by atoms with E-state index in [1.807, 2.05) is 0 Å². The lowest BCUT2D eigenvalue weighted by Crippen LogP contribution is -2.53. The van der Waals surface area contributed by atoms with Gasteiger partial charge in [0.15, 0.2) is 0 Å². The lowest BCUT2D eigenvalue weighted by molar-refractivity contribution is -0.134. The van der Waals surface area contributed by atoms with Crippen molar-refractivity contribution < 1.29 is 4.79 Å². The van der Waals surface area contributed by atoms with E-state index in [1.165, 1.54) is 12.8 Å². The van der Waals surface area contributed by atoms with Crippen molar-refractivity contribution in [2.75, 3.05) is 39.3 Å². The first-order valence-corrected chi connectivity index (χ1v) is 6.88. The molecule has 4 heteroatoms. The Kier molecular flexibility index (Phi) is 4.40. The zero-order valence-corrected chi connectivity index (χ0v) is 11.1. The third-order valence-corrected chi connectivity index (χ3v) is 3.82. The summed E-state index contributed by atoms with van der Waals surface area (Å²) < 4.78 is 0. The van der Waals surface area contributed by atoms with Crippen LogP contribution in [0.1, 0.15) is 26.7 Å². The Labute approximate surface area is 104 Å². The molecule has 2 aliphatic heterocycles. The molecular formula is C13H25N3O. The number of rotatable bonds is 2. The van der Waals surface area contributed by atoms with E-state index >= 15 is 0 Å². The summed E-state index contributed by atoms with van der Waals surface area (Å²) in [6.45, 7) is 9.95. The van der Waals surface area contributed by atoms with Crippen LogP contribution in [-0.2, 0) is 4.79 Å². The summed E-state index contributed by atoms with van der Waals surface area (Å²) in [4.78, 5) is 16.5. The Morgan fingerprint density at radius 1 is 1.29 bits per heavy atom. The second-order valence-corrected chi connectivity index (χ2v) is 5.68. The van der Waals surface area contributed by atoms with Gasteiger partial charge >= 0.3 is 0 Å². The fourth-order valence-corrected chi connectivity index (χ4v) is 2.86. The molecule has 2 rings (SSSR count). The number of piperidine rings is 1. The number of hydrogen-bond acceptors (Lipinski definition) is 3. The van der Waals surface area contributed by atoms with Gasteiger partial charge in [0, 0.05) is 38.8 Å². The molecule has 2 atom stereocenters.